The van der Waals surface area contributed by atoms with E-state index < -0.39 is 11.5 Å². The van der Waals surface area contributed by atoms with Gasteiger partial charge in [0.15, 0.2) is 5.82 Å². The van der Waals surface area contributed by atoms with E-state index in [1.807, 2.05) is 13.8 Å². The monoisotopic (exact) mass is 280 g/mol. The molecule has 20 heavy (non-hydrogen) atoms. The fourth-order valence-corrected chi connectivity index (χ4v) is 1.41. The highest BCUT2D eigenvalue weighted by atomic mass is 16.2. The minimum Gasteiger partial charge on any atom is -0.344 e. The van der Waals surface area contributed by atoms with Crippen LogP contribution in [0.1, 0.15) is 53.2 Å². The maximum Gasteiger partial charge on any atom is 0.247 e. The van der Waals surface area contributed by atoms with E-state index in [1.165, 1.54) is 0 Å². The minimum absolute atomic E-state index is 0.162. The van der Waals surface area contributed by atoms with Crippen molar-refractivity contribution in [2.45, 2.75) is 53.5 Å². The second kappa shape index (κ2) is 6.07. The zero-order chi connectivity index (χ0) is 15.5. The van der Waals surface area contributed by atoms with Gasteiger partial charge >= 0.3 is 0 Å². The quantitative estimate of drug-likeness (QED) is 0.788. The number of nitrogens with one attached hydrogen (secondary N) is 3. The molecule has 0 radical (unpaired) electrons. The Morgan fingerprint density at radius 1 is 1.25 bits per heavy atom. The topological polar surface area (TPSA) is 86.9 Å². The lowest BCUT2D eigenvalue weighted by atomic mass is 9.95. The van der Waals surface area contributed by atoms with Gasteiger partial charge in [0.05, 0.1) is 0 Å². The Kier molecular flexibility index (Phi) is 4.92. The van der Waals surface area contributed by atoms with Gasteiger partial charge in [-0.1, -0.05) is 34.6 Å². The van der Waals surface area contributed by atoms with Crippen LogP contribution in [0, 0.1) is 5.41 Å². The Hall–Kier alpha value is -1.85. The molecule has 0 aliphatic carbocycles. The lowest BCUT2D eigenvalue weighted by Gasteiger charge is -2.21. The summed E-state index contributed by atoms with van der Waals surface area (Å²) in [7, 11) is 0. The highest BCUT2D eigenvalue weighted by Crippen LogP contribution is 2.15. The van der Waals surface area contributed by atoms with Crippen LogP contribution in [0.25, 0.3) is 0 Å². The molecule has 0 spiro atoms. The zero-order valence-corrected chi connectivity index (χ0v) is 13.0. The van der Waals surface area contributed by atoms with Crippen LogP contribution < -0.4 is 10.6 Å². The van der Waals surface area contributed by atoms with E-state index in [0.29, 0.717) is 11.7 Å². The Balaban J connectivity index is 2.59. The number of amides is 2. The second-order valence-corrected chi connectivity index (χ2v) is 6.30. The summed E-state index contributed by atoms with van der Waals surface area (Å²) in [5.41, 5.74) is 0.428. The molecule has 1 atom stereocenters. The lowest BCUT2D eigenvalue weighted by Crippen LogP contribution is -2.46. The average Bonchev–Trinajstić information content (AvgIpc) is 2.76. The number of rotatable bonds is 4. The van der Waals surface area contributed by atoms with Crippen LogP contribution in [0.3, 0.4) is 0 Å². The number of anilines is 1. The van der Waals surface area contributed by atoms with Crippen LogP contribution in [0.15, 0.2) is 6.07 Å². The van der Waals surface area contributed by atoms with E-state index in [2.05, 4.69) is 20.8 Å². The van der Waals surface area contributed by atoms with Gasteiger partial charge in [0, 0.05) is 17.2 Å². The molecular weight excluding hydrogens is 256 g/mol. The smallest absolute Gasteiger partial charge is 0.247 e. The van der Waals surface area contributed by atoms with E-state index in [9.17, 15) is 9.59 Å². The summed E-state index contributed by atoms with van der Waals surface area (Å²) in [6.07, 6.45) is 0. The third-order valence-electron chi connectivity index (χ3n) is 2.89. The van der Waals surface area contributed by atoms with Gasteiger partial charge in [-0.25, -0.2) is 0 Å². The van der Waals surface area contributed by atoms with Gasteiger partial charge in [0.1, 0.15) is 6.04 Å². The van der Waals surface area contributed by atoms with Gasteiger partial charge in [-0.05, 0) is 12.8 Å². The fourth-order valence-electron chi connectivity index (χ4n) is 1.41. The van der Waals surface area contributed by atoms with E-state index >= 15 is 0 Å². The summed E-state index contributed by atoms with van der Waals surface area (Å²) in [5, 5.41) is 12.2. The fraction of sp³-hybridized carbons (Fsp3) is 0.643. The van der Waals surface area contributed by atoms with Crippen molar-refractivity contribution in [1.82, 2.24) is 15.5 Å². The Labute approximate surface area is 119 Å². The van der Waals surface area contributed by atoms with Crippen LogP contribution in [-0.4, -0.2) is 28.1 Å². The first kappa shape index (κ1) is 16.2. The number of H-pyrrole nitrogens is 1. The van der Waals surface area contributed by atoms with E-state index in [0.717, 1.165) is 5.69 Å². The predicted molar refractivity (Wildman–Crippen MR) is 78.4 cm³/mol. The zero-order valence-electron chi connectivity index (χ0n) is 13.0. The summed E-state index contributed by atoms with van der Waals surface area (Å²) in [6, 6.07) is 1.18. The molecule has 6 heteroatoms. The maximum atomic E-state index is 12.0. The number of aromatic nitrogens is 2. The molecule has 112 valence electrons. The minimum atomic E-state index is -0.610. The van der Waals surface area contributed by atoms with E-state index in [4.69, 9.17) is 0 Å². The van der Waals surface area contributed by atoms with Crippen molar-refractivity contribution >= 4 is 17.6 Å². The molecule has 1 heterocycles. The first-order chi connectivity index (χ1) is 9.11. The first-order valence-corrected chi connectivity index (χ1v) is 6.78. The highest BCUT2D eigenvalue weighted by molar-refractivity contribution is 5.96. The predicted octanol–water partition coefficient (Wildman–Crippen LogP) is 2.02. The molecule has 3 N–H and O–H groups in total. The number of hydrogen-bond donors (Lipinski definition) is 3. The molecule has 0 bridgehead atoms. The molecule has 0 aliphatic heterocycles. The molecule has 0 saturated heterocycles. The van der Waals surface area contributed by atoms with Crippen LogP contribution >= 0.6 is 0 Å². The van der Waals surface area contributed by atoms with Gasteiger partial charge in [0.2, 0.25) is 11.8 Å². The van der Waals surface area contributed by atoms with Crippen molar-refractivity contribution < 1.29 is 9.59 Å². The Morgan fingerprint density at radius 2 is 1.85 bits per heavy atom. The molecular formula is C14H24N4O2. The highest BCUT2D eigenvalue weighted by Gasteiger charge is 2.25. The molecule has 0 aliphatic rings. The number of nitrogens with zero attached hydrogens (tertiary/aromatic N) is 1. The number of carbonyl (C=O) groups is 2. The van der Waals surface area contributed by atoms with Gasteiger partial charge < -0.3 is 10.6 Å². The molecule has 1 rings (SSSR count). The summed E-state index contributed by atoms with van der Waals surface area (Å²) in [4.78, 5) is 23.8. The van der Waals surface area contributed by atoms with Crippen LogP contribution in [0.2, 0.25) is 0 Å². The molecule has 1 aromatic rings. The van der Waals surface area contributed by atoms with Crippen molar-refractivity contribution in [2.24, 2.45) is 5.41 Å². The van der Waals surface area contributed by atoms with Crippen LogP contribution in [0.5, 0.6) is 0 Å². The molecule has 0 fully saturated rings. The number of hydrogen-bond acceptors (Lipinski definition) is 3. The standard InChI is InChI=1S/C14H24N4O2/c1-8(2)10-7-11(18-17-10)16-12(19)9(3)15-13(20)14(4,5)6/h7-9H,1-6H3,(H,15,20)(H2,16,17,18,19). The summed E-state index contributed by atoms with van der Waals surface area (Å²) in [6.45, 7) is 11.1. The van der Waals surface area contributed by atoms with E-state index in [-0.39, 0.29) is 11.8 Å². The van der Waals surface area contributed by atoms with Crippen molar-refractivity contribution in [2.75, 3.05) is 5.32 Å². The summed E-state index contributed by atoms with van der Waals surface area (Å²) < 4.78 is 0. The van der Waals surface area contributed by atoms with Crippen molar-refractivity contribution in [3.05, 3.63) is 11.8 Å². The van der Waals surface area contributed by atoms with Gasteiger partial charge in [-0.3, -0.25) is 14.7 Å². The maximum absolute atomic E-state index is 12.0. The van der Waals surface area contributed by atoms with Gasteiger partial charge in [0.25, 0.3) is 0 Å². The SMILES string of the molecule is CC(NC(=O)C(C)(C)C)C(=O)Nc1cc(C(C)C)[nH]n1. The van der Waals surface area contributed by atoms with Crippen molar-refractivity contribution in [1.29, 1.82) is 0 Å². The molecule has 1 unspecified atom stereocenters. The Bertz CT molecular complexity index is 486. The van der Waals surface area contributed by atoms with Crippen LogP contribution in [-0.2, 0) is 9.59 Å². The van der Waals surface area contributed by atoms with Crippen LogP contribution in [0.4, 0.5) is 5.82 Å². The largest absolute Gasteiger partial charge is 0.344 e. The number of aromatic amines is 1. The average molecular weight is 280 g/mol. The molecule has 6 nitrogen and oxygen atoms in total. The molecule has 0 aromatic carbocycles. The first-order valence-electron chi connectivity index (χ1n) is 6.78. The lowest BCUT2D eigenvalue weighted by molar-refractivity contribution is -0.131. The summed E-state index contributed by atoms with van der Waals surface area (Å²) in [5.74, 6) is 0.330. The summed E-state index contributed by atoms with van der Waals surface area (Å²) >= 11 is 0. The molecule has 1 aromatic heterocycles. The third kappa shape index (κ3) is 4.36. The van der Waals surface area contributed by atoms with Gasteiger partial charge in [-0.15, -0.1) is 0 Å². The number of carbonyl (C=O) groups excluding carboxylic acids is 2. The Morgan fingerprint density at radius 3 is 2.30 bits per heavy atom. The van der Waals surface area contributed by atoms with Crippen molar-refractivity contribution in [3.8, 4) is 0 Å². The van der Waals surface area contributed by atoms with Gasteiger partial charge in [-0.2, -0.15) is 5.10 Å². The third-order valence-corrected chi connectivity index (χ3v) is 2.89. The van der Waals surface area contributed by atoms with Crippen molar-refractivity contribution in [3.63, 3.8) is 0 Å². The molecule has 2 amide bonds. The second-order valence-electron chi connectivity index (χ2n) is 6.30. The molecule has 0 saturated carbocycles. The van der Waals surface area contributed by atoms with E-state index in [1.54, 1.807) is 33.8 Å². The normalized spacial score (nSPS) is 13.2.